The number of carbonyl (C=O) groups excluding carboxylic acids is 1. The van der Waals surface area contributed by atoms with E-state index in [1.165, 1.54) is 0 Å². The van der Waals surface area contributed by atoms with E-state index >= 15 is 0 Å². The summed E-state index contributed by atoms with van der Waals surface area (Å²) in [6.07, 6.45) is 0. The highest BCUT2D eigenvalue weighted by Crippen LogP contribution is 2.28. The Morgan fingerprint density at radius 2 is 1.73 bits per heavy atom. The third-order valence-electron chi connectivity index (χ3n) is 3.57. The monoisotopic (exact) mass is 390 g/mol. The van der Waals surface area contributed by atoms with Gasteiger partial charge in [-0.3, -0.25) is 9.52 Å². The molecule has 0 saturated carbocycles. The molecule has 0 unspecified atom stereocenters. The van der Waals surface area contributed by atoms with Gasteiger partial charge in [-0.1, -0.05) is 68.5 Å². The maximum absolute atomic E-state index is 12.6. The fourth-order valence-electron chi connectivity index (χ4n) is 2.16. The second-order valence-electron chi connectivity index (χ2n) is 6.71. The molecule has 0 aliphatic carbocycles. The molecule has 9 heteroatoms. The highest BCUT2D eigenvalue weighted by Gasteiger charge is 2.25. The second-order valence-corrected chi connectivity index (χ2v) is 9.54. The highest BCUT2D eigenvalue weighted by atomic mass is 32.2. The molecular weight excluding hydrogens is 372 g/mol. The summed E-state index contributed by atoms with van der Waals surface area (Å²) in [6.45, 7) is 5.26. The second kappa shape index (κ2) is 6.65. The molecule has 0 aliphatic heterocycles. The first-order chi connectivity index (χ1) is 12.2. The zero-order valence-electron chi connectivity index (χ0n) is 14.5. The van der Waals surface area contributed by atoms with E-state index < -0.39 is 15.4 Å². The number of nitrogens with one attached hydrogen (secondary N) is 2. The number of anilines is 2. The van der Waals surface area contributed by atoms with Crippen LogP contribution in [0.2, 0.25) is 0 Å². The highest BCUT2D eigenvalue weighted by molar-refractivity contribution is 7.94. The van der Waals surface area contributed by atoms with Crippen LogP contribution in [0.25, 0.3) is 10.8 Å². The van der Waals surface area contributed by atoms with E-state index in [2.05, 4.69) is 20.2 Å². The fraction of sp³-hybridized carbons (Fsp3) is 0.235. The number of benzene rings is 2. The first-order valence-electron chi connectivity index (χ1n) is 7.82. The Labute approximate surface area is 155 Å². The normalized spacial score (nSPS) is 12.1. The van der Waals surface area contributed by atoms with Gasteiger partial charge in [0.25, 0.3) is 14.4 Å². The number of carbonyl (C=O) groups is 1. The first-order valence-corrected chi connectivity index (χ1v) is 10.1. The van der Waals surface area contributed by atoms with Crippen LogP contribution < -0.4 is 10.0 Å². The summed E-state index contributed by atoms with van der Waals surface area (Å²) >= 11 is 0.804. The Hall–Kier alpha value is -2.52. The topological polar surface area (TPSA) is 101 Å². The number of amides is 1. The van der Waals surface area contributed by atoms with E-state index in [-0.39, 0.29) is 15.4 Å². The van der Waals surface area contributed by atoms with Crippen molar-refractivity contribution in [2.24, 2.45) is 5.41 Å². The maximum Gasteiger partial charge on any atom is 0.291 e. The standard InChI is InChI=1S/C17H18N4O3S2/c1-17(2,3)14(22)18-15-19-20-16(25-15)26(23,24)21-13-10-6-8-11-7-4-5-9-12(11)13/h4-10,21H,1-3H3,(H,18,19,22). The molecule has 0 spiro atoms. The van der Waals surface area contributed by atoms with Gasteiger partial charge in [-0.25, -0.2) is 0 Å². The molecule has 1 aromatic heterocycles. The first kappa shape index (κ1) is 18.3. The molecule has 1 heterocycles. The van der Waals surface area contributed by atoms with Gasteiger partial charge in [-0.2, -0.15) is 8.42 Å². The van der Waals surface area contributed by atoms with Crippen molar-refractivity contribution in [3.63, 3.8) is 0 Å². The Balaban J connectivity index is 1.86. The van der Waals surface area contributed by atoms with Crippen LogP contribution >= 0.6 is 11.3 Å². The van der Waals surface area contributed by atoms with Gasteiger partial charge in [0.05, 0.1) is 5.69 Å². The molecule has 2 N–H and O–H groups in total. The predicted molar refractivity (Wildman–Crippen MR) is 103 cm³/mol. The molecule has 3 aromatic rings. The lowest BCUT2D eigenvalue weighted by Gasteiger charge is -2.15. The van der Waals surface area contributed by atoms with Crippen LogP contribution in [0.3, 0.4) is 0 Å². The third kappa shape index (κ3) is 3.83. The summed E-state index contributed by atoms with van der Waals surface area (Å²) in [4.78, 5) is 12.0. The molecule has 0 atom stereocenters. The molecule has 136 valence electrons. The zero-order chi connectivity index (χ0) is 18.9. The number of hydrogen-bond donors (Lipinski definition) is 2. The average molecular weight is 390 g/mol. The van der Waals surface area contributed by atoms with E-state index in [1.807, 2.05) is 30.3 Å². The van der Waals surface area contributed by atoms with Gasteiger partial charge in [-0.05, 0) is 11.5 Å². The van der Waals surface area contributed by atoms with Crippen LogP contribution in [0, 0.1) is 5.41 Å². The molecule has 0 saturated heterocycles. The summed E-state index contributed by atoms with van der Waals surface area (Å²) in [7, 11) is -3.91. The number of aromatic nitrogens is 2. The van der Waals surface area contributed by atoms with Crippen molar-refractivity contribution in [2.75, 3.05) is 10.0 Å². The van der Waals surface area contributed by atoms with E-state index in [1.54, 1.807) is 32.9 Å². The van der Waals surface area contributed by atoms with Gasteiger partial charge in [0.15, 0.2) is 0 Å². The largest absolute Gasteiger partial charge is 0.300 e. The Morgan fingerprint density at radius 3 is 2.46 bits per heavy atom. The maximum atomic E-state index is 12.6. The lowest BCUT2D eigenvalue weighted by molar-refractivity contribution is -0.123. The summed E-state index contributed by atoms with van der Waals surface area (Å²) < 4.78 is 27.6. The Bertz CT molecular complexity index is 1060. The lowest BCUT2D eigenvalue weighted by atomic mass is 9.96. The quantitative estimate of drug-likeness (QED) is 0.664. The van der Waals surface area contributed by atoms with Crippen molar-refractivity contribution >= 4 is 48.9 Å². The molecule has 0 radical (unpaired) electrons. The number of rotatable bonds is 4. The van der Waals surface area contributed by atoms with Crippen LogP contribution in [-0.4, -0.2) is 24.5 Å². The Morgan fingerprint density at radius 1 is 1.04 bits per heavy atom. The van der Waals surface area contributed by atoms with Gasteiger partial charge >= 0.3 is 0 Å². The fourth-order valence-corrected chi connectivity index (χ4v) is 4.13. The molecule has 0 aliphatic rings. The minimum Gasteiger partial charge on any atom is -0.300 e. The third-order valence-corrected chi connectivity index (χ3v) is 6.14. The van der Waals surface area contributed by atoms with Crippen molar-refractivity contribution in [2.45, 2.75) is 25.1 Å². The summed E-state index contributed by atoms with van der Waals surface area (Å²) in [5.74, 6) is -0.264. The number of fused-ring (bicyclic) bond motifs is 1. The van der Waals surface area contributed by atoms with E-state index in [0.29, 0.717) is 5.69 Å². The van der Waals surface area contributed by atoms with Crippen LogP contribution in [0.4, 0.5) is 10.8 Å². The number of sulfonamides is 1. The number of hydrogen-bond acceptors (Lipinski definition) is 6. The molecular formula is C17H18N4O3S2. The summed E-state index contributed by atoms with van der Waals surface area (Å²) in [6, 6.07) is 12.8. The van der Waals surface area contributed by atoms with Crippen LogP contribution in [0.15, 0.2) is 46.8 Å². The van der Waals surface area contributed by atoms with Crippen LogP contribution in [0.1, 0.15) is 20.8 Å². The van der Waals surface area contributed by atoms with Gasteiger partial charge in [0.2, 0.25) is 11.0 Å². The van der Waals surface area contributed by atoms with Crippen molar-refractivity contribution in [3.05, 3.63) is 42.5 Å². The van der Waals surface area contributed by atoms with E-state index in [4.69, 9.17) is 0 Å². The summed E-state index contributed by atoms with van der Waals surface area (Å²) in [5.41, 5.74) is -0.162. The van der Waals surface area contributed by atoms with Gasteiger partial charge in [-0.15, -0.1) is 10.2 Å². The lowest BCUT2D eigenvalue weighted by Crippen LogP contribution is -2.27. The Kier molecular flexibility index (Phi) is 4.68. The minimum atomic E-state index is -3.91. The molecule has 1 amide bonds. The average Bonchev–Trinajstić information content (AvgIpc) is 3.03. The molecule has 26 heavy (non-hydrogen) atoms. The van der Waals surface area contributed by atoms with Crippen molar-refractivity contribution in [1.29, 1.82) is 0 Å². The molecule has 3 rings (SSSR count). The SMILES string of the molecule is CC(C)(C)C(=O)Nc1nnc(S(=O)(=O)Nc2cccc3ccccc23)s1. The van der Waals surface area contributed by atoms with E-state index in [0.717, 1.165) is 22.1 Å². The number of nitrogens with zero attached hydrogens (tertiary/aromatic N) is 2. The smallest absolute Gasteiger partial charge is 0.291 e. The molecule has 0 bridgehead atoms. The molecule has 7 nitrogen and oxygen atoms in total. The zero-order valence-corrected chi connectivity index (χ0v) is 16.1. The van der Waals surface area contributed by atoms with Gasteiger partial charge < -0.3 is 5.32 Å². The van der Waals surface area contributed by atoms with Crippen molar-refractivity contribution in [3.8, 4) is 0 Å². The van der Waals surface area contributed by atoms with Crippen LogP contribution in [-0.2, 0) is 14.8 Å². The minimum absolute atomic E-state index is 0.142. The van der Waals surface area contributed by atoms with Gasteiger partial charge in [0, 0.05) is 10.8 Å². The van der Waals surface area contributed by atoms with Crippen molar-refractivity contribution < 1.29 is 13.2 Å². The molecule has 2 aromatic carbocycles. The molecule has 0 fully saturated rings. The van der Waals surface area contributed by atoms with Crippen LogP contribution in [0.5, 0.6) is 0 Å². The predicted octanol–water partition coefficient (Wildman–Crippen LogP) is 3.48. The summed E-state index contributed by atoms with van der Waals surface area (Å²) in [5, 5.41) is 11.9. The van der Waals surface area contributed by atoms with Gasteiger partial charge in [0.1, 0.15) is 0 Å². The van der Waals surface area contributed by atoms with Crippen molar-refractivity contribution in [1.82, 2.24) is 10.2 Å². The van der Waals surface area contributed by atoms with E-state index in [9.17, 15) is 13.2 Å².